The van der Waals surface area contributed by atoms with Gasteiger partial charge in [0.05, 0.1) is 23.3 Å². The number of nitrogens with zero attached hydrogens (tertiary/aromatic N) is 2. The second kappa shape index (κ2) is 5.11. The Balaban J connectivity index is 1.84. The van der Waals surface area contributed by atoms with E-state index in [1.807, 2.05) is 0 Å². The molecule has 2 amide bonds. The van der Waals surface area contributed by atoms with Gasteiger partial charge in [0, 0.05) is 6.07 Å². The molecule has 1 aliphatic carbocycles. The third-order valence-corrected chi connectivity index (χ3v) is 4.55. The zero-order valence-electron chi connectivity index (χ0n) is 11.1. The Labute approximate surface area is 125 Å². The molecule has 1 saturated carbocycles. The van der Waals surface area contributed by atoms with Crippen molar-refractivity contribution in [2.45, 2.75) is 25.8 Å². The van der Waals surface area contributed by atoms with E-state index in [-0.39, 0.29) is 40.9 Å². The van der Waals surface area contributed by atoms with Crippen LogP contribution in [0.1, 0.15) is 24.8 Å². The van der Waals surface area contributed by atoms with Crippen LogP contribution in [0, 0.1) is 22.0 Å². The van der Waals surface area contributed by atoms with Crippen molar-refractivity contribution in [3.05, 3.63) is 38.9 Å². The molecular weight excluding hydrogens is 296 g/mol. The maximum Gasteiger partial charge on any atom is 0.288 e. The van der Waals surface area contributed by atoms with Crippen LogP contribution in [0.2, 0.25) is 5.02 Å². The molecule has 110 valence electrons. The molecule has 6 nitrogen and oxygen atoms in total. The van der Waals surface area contributed by atoms with Crippen LogP contribution in [-0.4, -0.2) is 21.6 Å². The van der Waals surface area contributed by atoms with Crippen molar-refractivity contribution in [2.75, 3.05) is 0 Å². The van der Waals surface area contributed by atoms with Gasteiger partial charge in [-0.25, -0.2) is 0 Å². The molecule has 3 rings (SSSR count). The van der Waals surface area contributed by atoms with Crippen molar-refractivity contribution in [1.82, 2.24) is 4.90 Å². The summed E-state index contributed by atoms with van der Waals surface area (Å²) in [7, 11) is 0. The number of likely N-dealkylation sites (tertiary alicyclic amines) is 1. The number of fused-ring (bicyclic) bond motifs is 1. The van der Waals surface area contributed by atoms with Gasteiger partial charge in [0.25, 0.3) is 5.69 Å². The van der Waals surface area contributed by atoms with Gasteiger partial charge in [-0.2, -0.15) is 0 Å². The van der Waals surface area contributed by atoms with E-state index < -0.39 is 4.92 Å². The lowest BCUT2D eigenvalue weighted by atomic mass is 10.00. The molecule has 21 heavy (non-hydrogen) atoms. The fourth-order valence-corrected chi connectivity index (χ4v) is 3.38. The van der Waals surface area contributed by atoms with Gasteiger partial charge in [0.1, 0.15) is 5.02 Å². The van der Waals surface area contributed by atoms with Gasteiger partial charge >= 0.3 is 0 Å². The first-order valence-corrected chi connectivity index (χ1v) is 7.15. The molecule has 1 aromatic carbocycles. The third-order valence-electron chi connectivity index (χ3n) is 4.23. The minimum atomic E-state index is -0.575. The lowest BCUT2D eigenvalue weighted by molar-refractivity contribution is -0.384. The molecule has 1 aliphatic heterocycles. The first-order chi connectivity index (χ1) is 9.99. The standard InChI is InChI=1S/C14H13ClN2O4/c15-11-5-4-8(6-12(11)17(20)21)7-16-13(18)9-2-1-3-10(9)14(16)19/h4-6,9-10H,1-3,7H2. The van der Waals surface area contributed by atoms with E-state index in [0.717, 1.165) is 19.3 Å². The summed E-state index contributed by atoms with van der Waals surface area (Å²) in [5.41, 5.74) is 0.321. The Morgan fingerprint density at radius 1 is 1.24 bits per heavy atom. The Morgan fingerprint density at radius 2 is 1.86 bits per heavy atom. The molecule has 7 heteroatoms. The highest BCUT2D eigenvalue weighted by atomic mass is 35.5. The topological polar surface area (TPSA) is 80.5 Å². The smallest absolute Gasteiger partial charge is 0.278 e. The van der Waals surface area contributed by atoms with Crippen LogP contribution in [0.4, 0.5) is 5.69 Å². The number of hydrogen-bond acceptors (Lipinski definition) is 4. The molecule has 0 N–H and O–H groups in total. The van der Waals surface area contributed by atoms with Crippen molar-refractivity contribution in [3.8, 4) is 0 Å². The first-order valence-electron chi connectivity index (χ1n) is 6.77. The number of carbonyl (C=O) groups excluding carboxylic acids is 2. The van der Waals surface area contributed by atoms with Gasteiger partial charge in [-0.15, -0.1) is 0 Å². The van der Waals surface area contributed by atoms with Gasteiger partial charge < -0.3 is 0 Å². The maximum atomic E-state index is 12.2. The molecule has 0 bridgehead atoms. The number of rotatable bonds is 3. The number of nitro groups is 1. The van der Waals surface area contributed by atoms with Crippen LogP contribution in [0.5, 0.6) is 0 Å². The van der Waals surface area contributed by atoms with Crippen LogP contribution >= 0.6 is 11.6 Å². The summed E-state index contributed by atoms with van der Waals surface area (Å²) in [4.78, 5) is 36.0. The van der Waals surface area contributed by atoms with E-state index in [4.69, 9.17) is 11.6 Å². The van der Waals surface area contributed by atoms with Crippen molar-refractivity contribution < 1.29 is 14.5 Å². The Bertz CT molecular complexity index is 624. The van der Waals surface area contributed by atoms with Crippen LogP contribution in [0.25, 0.3) is 0 Å². The Morgan fingerprint density at radius 3 is 2.43 bits per heavy atom. The van der Waals surface area contributed by atoms with Crippen LogP contribution in [-0.2, 0) is 16.1 Å². The van der Waals surface area contributed by atoms with E-state index >= 15 is 0 Å². The number of halogens is 1. The number of imide groups is 1. The number of hydrogen-bond donors (Lipinski definition) is 0. The number of benzene rings is 1. The monoisotopic (exact) mass is 308 g/mol. The lowest BCUT2D eigenvalue weighted by Crippen LogP contribution is -2.31. The van der Waals surface area contributed by atoms with Crippen LogP contribution in [0.15, 0.2) is 18.2 Å². The Hall–Kier alpha value is -1.95. The third kappa shape index (κ3) is 2.29. The summed E-state index contributed by atoms with van der Waals surface area (Å²) >= 11 is 5.75. The summed E-state index contributed by atoms with van der Waals surface area (Å²) in [6.07, 6.45) is 2.42. The highest BCUT2D eigenvalue weighted by Gasteiger charge is 2.49. The molecule has 2 atom stereocenters. The largest absolute Gasteiger partial charge is 0.288 e. The number of amides is 2. The van der Waals surface area contributed by atoms with Crippen molar-refractivity contribution in [3.63, 3.8) is 0 Å². The molecule has 0 aromatic heterocycles. The van der Waals surface area contributed by atoms with Crippen LogP contribution in [0.3, 0.4) is 0 Å². The molecule has 2 aliphatic rings. The zero-order chi connectivity index (χ0) is 15.1. The lowest BCUT2D eigenvalue weighted by Gasteiger charge is -2.15. The summed E-state index contributed by atoms with van der Waals surface area (Å²) in [5.74, 6) is -0.695. The summed E-state index contributed by atoms with van der Waals surface area (Å²) in [6, 6.07) is 4.34. The molecule has 1 heterocycles. The van der Waals surface area contributed by atoms with Crippen molar-refractivity contribution in [2.24, 2.45) is 11.8 Å². The summed E-state index contributed by atoms with van der Waals surface area (Å²) in [6.45, 7) is 0.0721. The molecule has 1 saturated heterocycles. The summed E-state index contributed by atoms with van der Waals surface area (Å²) < 4.78 is 0. The Kier molecular flexibility index (Phi) is 3.41. The molecular formula is C14H13ClN2O4. The van der Waals surface area contributed by atoms with E-state index in [1.54, 1.807) is 6.07 Å². The SMILES string of the molecule is O=C1C2CCCC2C(=O)N1Cc1ccc(Cl)c([N+](=O)[O-])c1. The van der Waals surface area contributed by atoms with Gasteiger partial charge in [0.15, 0.2) is 0 Å². The van der Waals surface area contributed by atoms with Gasteiger partial charge in [-0.05, 0) is 24.5 Å². The zero-order valence-corrected chi connectivity index (χ0v) is 11.9. The van der Waals surface area contributed by atoms with E-state index in [9.17, 15) is 19.7 Å². The van der Waals surface area contributed by atoms with Gasteiger partial charge in [0.2, 0.25) is 11.8 Å². The predicted molar refractivity (Wildman–Crippen MR) is 74.5 cm³/mol. The predicted octanol–water partition coefficient (Wildman–Crippen LogP) is 2.53. The normalized spacial score (nSPS) is 24.5. The summed E-state index contributed by atoms with van der Waals surface area (Å²) in [5, 5.41) is 10.9. The second-order valence-electron chi connectivity index (χ2n) is 5.45. The number of carbonyl (C=O) groups is 2. The minimum absolute atomic E-state index is 0.0414. The van der Waals surface area contributed by atoms with Gasteiger partial charge in [-0.3, -0.25) is 24.6 Å². The number of nitro benzene ring substituents is 1. The maximum absolute atomic E-state index is 12.2. The fraction of sp³-hybridized carbons (Fsp3) is 0.429. The van der Waals surface area contributed by atoms with E-state index in [2.05, 4.69) is 0 Å². The highest BCUT2D eigenvalue weighted by molar-refractivity contribution is 6.32. The van der Waals surface area contributed by atoms with E-state index in [1.165, 1.54) is 17.0 Å². The quantitative estimate of drug-likeness (QED) is 0.488. The molecule has 2 fully saturated rings. The van der Waals surface area contributed by atoms with Crippen LogP contribution < -0.4 is 0 Å². The molecule has 1 aromatic rings. The fourth-order valence-electron chi connectivity index (χ4n) is 3.20. The minimum Gasteiger partial charge on any atom is -0.278 e. The van der Waals surface area contributed by atoms with Gasteiger partial charge in [-0.1, -0.05) is 24.1 Å². The van der Waals surface area contributed by atoms with E-state index in [0.29, 0.717) is 5.56 Å². The molecule has 2 unspecified atom stereocenters. The average molecular weight is 309 g/mol. The molecule has 0 spiro atoms. The highest BCUT2D eigenvalue weighted by Crippen LogP contribution is 2.40. The van der Waals surface area contributed by atoms with Crippen molar-refractivity contribution >= 4 is 29.1 Å². The van der Waals surface area contributed by atoms with Crippen molar-refractivity contribution in [1.29, 1.82) is 0 Å². The molecule has 0 radical (unpaired) electrons. The average Bonchev–Trinajstić information content (AvgIpc) is 3.00. The first kappa shape index (κ1) is 14.0. The second-order valence-corrected chi connectivity index (χ2v) is 5.86.